The second-order valence-electron chi connectivity index (χ2n) is 7.44. The molecule has 6 nitrogen and oxygen atoms in total. The van der Waals surface area contributed by atoms with Crippen molar-refractivity contribution in [2.75, 3.05) is 14.2 Å². The Morgan fingerprint density at radius 2 is 1.92 bits per heavy atom. The molecule has 3 heterocycles. The summed E-state index contributed by atoms with van der Waals surface area (Å²) in [5.41, 5.74) is 2.23. The predicted octanol–water partition coefficient (Wildman–Crippen LogP) is 2.83. The molecule has 2 aliphatic heterocycles. The smallest absolute Gasteiger partial charge is 0.269 e. The average molecular weight is 354 g/mol. The van der Waals surface area contributed by atoms with Gasteiger partial charge in [-0.25, -0.2) is 0 Å². The summed E-state index contributed by atoms with van der Waals surface area (Å²) in [7, 11) is 3.87. The van der Waals surface area contributed by atoms with Gasteiger partial charge in [-0.05, 0) is 63.1 Å². The average Bonchev–Trinajstić information content (AvgIpc) is 3.13. The lowest BCUT2D eigenvalue weighted by molar-refractivity contribution is 0.0462. The molecular weight excluding hydrogens is 328 g/mol. The number of benzene rings is 1. The normalized spacial score (nSPS) is 25.7. The van der Waals surface area contributed by atoms with Crippen molar-refractivity contribution in [3.63, 3.8) is 0 Å². The Morgan fingerprint density at radius 1 is 1.23 bits per heavy atom. The third kappa shape index (κ3) is 3.33. The molecule has 2 bridgehead atoms. The zero-order valence-corrected chi connectivity index (χ0v) is 15.4. The van der Waals surface area contributed by atoms with Crippen LogP contribution in [0.3, 0.4) is 0 Å². The van der Waals surface area contributed by atoms with Gasteiger partial charge in [-0.15, -0.1) is 0 Å². The van der Waals surface area contributed by atoms with E-state index >= 15 is 0 Å². The van der Waals surface area contributed by atoms with Crippen LogP contribution in [-0.4, -0.2) is 53.3 Å². The summed E-state index contributed by atoms with van der Waals surface area (Å²) in [6.45, 7) is 0. The number of H-pyrrole nitrogens is 1. The van der Waals surface area contributed by atoms with Gasteiger partial charge < -0.3 is 15.0 Å². The summed E-state index contributed by atoms with van der Waals surface area (Å²) in [4.78, 5) is 15.1. The van der Waals surface area contributed by atoms with E-state index < -0.39 is 0 Å². The third-order valence-electron chi connectivity index (χ3n) is 5.88. The van der Waals surface area contributed by atoms with Crippen molar-refractivity contribution in [3.8, 4) is 17.0 Å². The fourth-order valence-corrected chi connectivity index (χ4v) is 4.34. The van der Waals surface area contributed by atoms with Crippen LogP contribution >= 0.6 is 0 Å². The van der Waals surface area contributed by atoms with Crippen LogP contribution in [0.15, 0.2) is 30.3 Å². The van der Waals surface area contributed by atoms with Gasteiger partial charge in [-0.1, -0.05) is 6.42 Å². The molecule has 2 aromatic rings. The van der Waals surface area contributed by atoms with E-state index in [1.165, 1.54) is 19.3 Å². The van der Waals surface area contributed by atoms with Gasteiger partial charge in [0, 0.05) is 23.7 Å². The summed E-state index contributed by atoms with van der Waals surface area (Å²) >= 11 is 0. The SMILES string of the molecule is COc1ccc(-c2cc(C(=O)NC3CC4CCCC(C3)N4C)[nH]n2)cc1. The highest BCUT2D eigenvalue weighted by Crippen LogP contribution is 2.32. The minimum atomic E-state index is -0.0649. The predicted molar refractivity (Wildman–Crippen MR) is 100 cm³/mol. The number of ether oxygens (including phenoxy) is 1. The molecule has 4 rings (SSSR count). The molecule has 1 aromatic carbocycles. The second-order valence-corrected chi connectivity index (χ2v) is 7.44. The van der Waals surface area contributed by atoms with E-state index in [4.69, 9.17) is 4.74 Å². The Bertz CT molecular complexity index is 756. The number of nitrogens with one attached hydrogen (secondary N) is 2. The zero-order valence-electron chi connectivity index (χ0n) is 15.4. The molecule has 0 aliphatic carbocycles. The number of rotatable bonds is 4. The van der Waals surface area contributed by atoms with E-state index in [-0.39, 0.29) is 11.9 Å². The van der Waals surface area contributed by atoms with E-state index in [1.807, 2.05) is 30.3 Å². The van der Waals surface area contributed by atoms with Crippen LogP contribution in [0.1, 0.15) is 42.6 Å². The lowest BCUT2D eigenvalue weighted by Crippen LogP contribution is -2.55. The lowest BCUT2D eigenvalue weighted by Gasteiger charge is -2.47. The molecule has 1 aromatic heterocycles. The Hall–Kier alpha value is -2.34. The number of hydrogen-bond acceptors (Lipinski definition) is 4. The van der Waals surface area contributed by atoms with E-state index in [2.05, 4.69) is 27.5 Å². The molecular formula is C20H26N4O2. The van der Waals surface area contributed by atoms with Crippen LogP contribution in [-0.2, 0) is 0 Å². The third-order valence-corrected chi connectivity index (χ3v) is 5.88. The van der Waals surface area contributed by atoms with Gasteiger partial charge in [-0.2, -0.15) is 5.10 Å². The Morgan fingerprint density at radius 3 is 2.58 bits per heavy atom. The maximum atomic E-state index is 12.6. The quantitative estimate of drug-likeness (QED) is 0.886. The van der Waals surface area contributed by atoms with E-state index in [1.54, 1.807) is 7.11 Å². The number of aromatic nitrogens is 2. The molecule has 0 radical (unpaired) electrons. The first-order chi connectivity index (χ1) is 12.6. The summed E-state index contributed by atoms with van der Waals surface area (Å²) in [6, 6.07) is 10.9. The number of carbonyl (C=O) groups excluding carboxylic acids is 1. The minimum absolute atomic E-state index is 0.0649. The first-order valence-electron chi connectivity index (χ1n) is 9.36. The van der Waals surface area contributed by atoms with Crippen molar-refractivity contribution in [2.24, 2.45) is 0 Å². The second kappa shape index (κ2) is 7.11. The fourth-order valence-electron chi connectivity index (χ4n) is 4.34. The van der Waals surface area contributed by atoms with Gasteiger partial charge in [0.25, 0.3) is 5.91 Å². The Kier molecular flexibility index (Phi) is 4.68. The minimum Gasteiger partial charge on any atom is -0.497 e. The topological polar surface area (TPSA) is 70.2 Å². The molecule has 2 unspecified atom stereocenters. The summed E-state index contributed by atoms with van der Waals surface area (Å²) < 4.78 is 5.18. The van der Waals surface area contributed by atoms with Gasteiger partial charge in [0.1, 0.15) is 11.4 Å². The van der Waals surface area contributed by atoms with Crippen molar-refractivity contribution in [1.82, 2.24) is 20.4 Å². The number of fused-ring (bicyclic) bond motifs is 2. The molecule has 1 amide bonds. The van der Waals surface area contributed by atoms with Crippen LogP contribution < -0.4 is 10.1 Å². The van der Waals surface area contributed by atoms with Gasteiger partial charge >= 0.3 is 0 Å². The van der Waals surface area contributed by atoms with Crippen molar-refractivity contribution in [2.45, 2.75) is 50.2 Å². The highest BCUT2D eigenvalue weighted by Gasteiger charge is 2.36. The van der Waals surface area contributed by atoms with Crippen LogP contribution in [0.2, 0.25) is 0 Å². The largest absolute Gasteiger partial charge is 0.497 e. The summed E-state index contributed by atoms with van der Waals surface area (Å²) in [6.07, 6.45) is 5.87. The van der Waals surface area contributed by atoms with Crippen molar-refractivity contribution in [1.29, 1.82) is 0 Å². The van der Waals surface area contributed by atoms with Crippen molar-refractivity contribution >= 4 is 5.91 Å². The molecule has 0 saturated carbocycles. The van der Waals surface area contributed by atoms with E-state index in [9.17, 15) is 4.79 Å². The maximum Gasteiger partial charge on any atom is 0.269 e. The first-order valence-corrected chi connectivity index (χ1v) is 9.36. The molecule has 2 atom stereocenters. The fraction of sp³-hybridized carbons (Fsp3) is 0.500. The zero-order chi connectivity index (χ0) is 18.1. The van der Waals surface area contributed by atoms with Crippen LogP contribution in [0, 0.1) is 0 Å². The molecule has 138 valence electrons. The van der Waals surface area contributed by atoms with E-state index in [0.717, 1.165) is 29.8 Å². The number of nitrogens with zero attached hydrogens (tertiary/aromatic N) is 2. The standard InChI is InChI=1S/C20H26N4O2/c1-24-15-4-3-5-16(24)11-14(10-15)21-20(25)19-12-18(22-23-19)13-6-8-17(26-2)9-7-13/h6-9,12,14-16H,3-5,10-11H2,1-2H3,(H,21,25)(H,22,23). The molecule has 6 heteroatoms. The number of methoxy groups -OCH3 is 1. The monoisotopic (exact) mass is 354 g/mol. The van der Waals surface area contributed by atoms with E-state index in [0.29, 0.717) is 17.8 Å². The van der Waals surface area contributed by atoms with Crippen LogP contribution in [0.4, 0.5) is 0 Å². The highest BCUT2D eigenvalue weighted by molar-refractivity contribution is 5.93. The van der Waals surface area contributed by atoms with Crippen LogP contribution in [0.5, 0.6) is 5.75 Å². The molecule has 26 heavy (non-hydrogen) atoms. The maximum absolute atomic E-state index is 12.6. The molecule has 2 fully saturated rings. The molecule has 2 N–H and O–H groups in total. The summed E-state index contributed by atoms with van der Waals surface area (Å²) in [5.74, 6) is 0.736. The molecule has 0 spiro atoms. The lowest BCUT2D eigenvalue weighted by atomic mass is 9.82. The number of hydrogen-bond donors (Lipinski definition) is 2. The molecule has 2 aliphatic rings. The van der Waals surface area contributed by atoms with Gasteiger partial charge in [-0.3, -0.25) is 9.89 Å². The van der Waals surface area contributed by atoms with Crippen molar-refractivity contribution < 1.29 is 9.53 Å². The number of amides is 1. The molecule has 2 saturated heterocycles. The van der Waals surface area contributed by atoms with Gasteiger partial charge in [0.2, 0.25) is 0 Å². The first kappa shape index (κ1) is 17.1. The summed E-state index contributed by atoms with van der Waals surface area (Å²) in [5, 5.41) is 10.4. The number of carbonyl (C=O) groups is 1. The highest BCUT2D eigenvalue weighted by atomic mass is 16.5. The van der Waals surface area contributed by atoms with Gasteiger partial charge in [0.05, 0.1) is 12.8 Å². The number of piperidine rings is 2. The van der Waals surface area contributed by atoms with Crippen molar-refractivity contribution in [3.05, 3.63) is 36.0 Å². The Balaban J connectivity index is 1.42. The van der Waals surface area contributed by atoms with Gasteiger partial charge in [0.15, 0.2) is 0 Å². The van der Waals surface area contributed by atoms with Crippen LogP contribution in [0.25, 0.3) is 11.3 Å². The Labute approximate surface area is 153 Å². The number of aromatic amines is 1.